The number of thiazole rings is 1. The summed E-state index contributed by atoms with van der Waals surface area (Å²) in [5.41, 5.74) is 9.27. The maximum Gasteiger partial charge on any atom is 0.324 e. The predicted molar refractivity (Wildman–Crippen MR) is 259 cm³/mol. The number of likely N-dealkylation sites (tertiary alicyclic amines) is 1. The molecule has 1 unspecified atom stereocenters. The van der Waals surface area contributed by atoms with Gasteiger partial charge in [0.15, 0.2) is 0 Å². The lowest BCUT2D eigenvalue weighted by atomic mass is 9.84. The fourth-order valence-corrected chi connectivity index (χ4v) is 10.7. The number of urea groups is 1. The Hall–Kier alpha value is -5.65. The molecule has 2 fully saturated rings. The van der Waals surface area contributed by atoms with Crippen molar-refractivity contribution in [3.8, 4) is 22.5 Å². The van der Waals surface area contributed by atoms with E-state index < -0.39 is 41.3 Å². The van der Waals surface area contributed by atoms with Crippen molar-refractivity contribution in [2.45, 2.75) is 104 Å². The van der Waals surface area contributed by atoms with Crippen LogP contribution in [-0.4, -0.2) is 136 Å². The number of hydrazine groups is 1. The molecule has 6 heterocycles. The van der Waals surface area contributed by atoms with Crippen LogP contribution in [0.25, 0.3) is 33.4 Å². The summed E-state index contributed by atoms with van der Waals surface area (Å²) in [6, 6.07) is 7.34. The van der Waals surface area contributed by atoms with E-state index in [2.05, 4.69) is 66.9 Å². The smallest absolute Gasteiger partial charge is 0.324 e. The molecule has 360 valence electrons. The number of benzene rings is 1. The number of hydrogen-bond donors (Lipinski definition) is 2. The van der Waals surface area contributed by atoms with E-state index in [1.807, 2.05) is 32.2 Å². The van der Waals surface area contributed by atoms with E-state index in [4.69, 9.17) is 19.4 Å². The SMILES string of the molecule is C=CC(=O)N(C)C[C@H]1CCN(C(=O)N(C)C(C(=O)N[C@H]2Cc3nc(cs3)-c3ccc4c(c3)c(c(-c3cccnc3[C@H](C)OC)n4CC)CC(C)(C)COC(=O)[C@@H]3CCCN(N3)C2=O)C(C)C)C1. The van der Waals surface area contributed by atoms with Gasteiger partial charge in [0.2, 0.25) is 11.8 Å². The number of fused-ring (bicyclic) bond motifs is 6. The van der Waals surface area contributed by atoms with Crippen LogP contribution in [0.5, 0.6) is 0 Å². The zero-order valence-electron chi connectivity index (χ0n) is 40.5. The van der Waals surface area contributed by atoms with Gasteiger partial charge in [0, 0.05) is 99.4 Å². The molecular formula is C50H67N9O7S. The number of methoxy groups -OCH3 is 1. The van der Waals surface area contributed by atoms with Crippen LogP contribution < -0.4 is 10.7 Å². The Morgan fingerprint density at radius 1 is 1.13 bits per heavy atom. The van der Waals surface area contributed by atoms with Crippen molar-refractivity contribution >= 4 is 52.0 Å². The molecule has 0 aliphatic carbocycles. The van der Waals surface area contributed by atoms with Gasteiger partial charge in [-0.25, -0.2) is 15.2 Å². The first-order chi connectivity index (χ1) is 31.9. The van der Waals surface area contributed by atoms with Crippen LogP contribution in [0.4, 0.5) is 4.79 Å². The van der Waals surface area contributed by atoms with Crippen LogP contribution in [0.3, 0.4) is 0 Å². The molecule has 67 heavy (non-hydrogen) atoms. The normalized spacial score (nSPS) is 20.8. The largest absolute Gasteiger partial charge is 0.464 e. The Bertz CT molecular complexity index is 2500. The van der Waals surface area contributed by atoms with Gasteiger partial charge in [0.1, 0.15) is 18.1 Å². The number of nitrogens with zero attached hydrogens (tertiary/aromatic N) is 7. The van der Waals surface area contributed by atoms with Gasteiger partial charge >= 0.3 is 12.0 Å². The highest BCUT2D eigenvalue weighted by Gasteiger charge is 2.40. The Balaban J connectivity index is 1.23. The number of aryl methyl sites for hydroxylation is 1. The molecule has 1 aromatic carbocycles. The lowest BCUT2D eigenvalue weighted by Gasteiger charge is -2.37. The van der Waals surface area contributed by atoms with Gasteiger partial charge in [-0.2, -0.15) is 0 Å². The first-order valence-electron chi connectivity index (χ1n) is 23.5. The van der Waals surface area contributed by atoms with Gasteiger partial charge in [0.05, 0.1) is 34.8 Å². The molecule has 6 bridgehead atoms. The number of esters is 1. The van der Waals surface area contributed by atoms with Crippen molar-refractivity contribution in [3.05, 3.63) is 70.8 Å². The fourth-order valence-electron chi connectivity index (χ4n) is 9.88. The number of carbonyl (C=O) groups excluding carboxylic acids is 5. The molecule has 3 aliphatic heterocycles. The van der Waals surface area contributed by atoms with Crippen LogP contribution in [0, 0.1) is 17.3 Å². The monoisotopic (exact) mass is 937 g/mol. The summed E-state index contributed by atoms with van der Waals surface area (Å²) in [5, 5.41) is 8.13. The van der Waals surface area contributed by atoms with Crippen LogP contribution in [0.1, 0.15) is 83.2 Å². The Morgan fingerprint density at radius 2 is 1.91 bits per heavy atom. The lowest BCUT2D eigenvalue weighted by molar-refractivity contribution is -0.155. The first kappa shape index (κ1) is 49.3. The zero-order chi connectivity index (χ0) is 48.3. The molecule has 16 nitrogen and oxygen atoms in total. The molecule has 2 saturated heterocycles. The minimum atomic E-state index is -1.08. The first-order valence-corrected chi connectivity index (χ1v) is 24.3. The molecular weight excluding hydrogens is 871 g/mol. The van der Waals surface area contributed by atoms with Gasteiger partial charge in [-0.05, 0) is 87.3 Å². The summed E-state index contributed by atoms with van der Waals surface area (Å²) in [4.78, 5) is 83.9. The number of nitrogens with one attached hydrogen (secondary N) is 2. The number of cyclic esters (lactones) is 1. The van der Waals surface area contributed by atoms with Gasteiger partial charge in [-0.1, -0.05) is 40.3 Å². The molecule has 3 aromatic heterocycles. The summed E-state index contributed by atoms with van der Waals surface area (Å²) in [6.45, 7) is 18.2. The third-order valence-electron chi connectivity index (χ3n) is 13.4. The second kappa shape index (κ2) is 20.7. The average molecular weight is 938 g/mol. The van der Waals surface area contributed by atoms with Crippen LogP contribution >= 0.6 is 11.3 Å². The zero-order valence-corrected chi connectivity index (χ0v) is 41.3. The molecule has 5 amide bonds. The molecule has 2 N–H and O–H groups in total. The summed E-state index contributed by atoms with van der Waals surface area (Å²) < 4.78 is 14.2. The van der Waals surface area contributed by atoms with Crippen molar-refractivity contribution in [2.75, 3.05) is 54.0 Å². The highest BCUT2D eigenvalue weighted by molar-refractivity contribution is 7.10. The second-order valence-electron chi connectivity index (χ2n) is 19.4. The number of likely N-dealkylation sites (N-methyl/N-ethyl adjacent to an activating group) is 2. The summed E-state index contributed by atoms with van der Waals surface area (Å²) in [5.74, 6) is -1.76. The number of rotatable bonds is 11. The van der Waals surface area contributed by atoms with Crippen molar-refractivity contribution in [1.29, 1.82) is 0 Å². The number of carbonyl (C=O) groups is 5. The summed E-state index contributed by atoms with van der Waals surface area (Å²) in [6.07, 6.45) is 5.19. The van der Waals surface area contributed by atoms with Gasteiger partial charge in [0.25, 0.3) is 5.91 Å². The highest BCUT2D eigenvalue weighted by atomic mass is 32.1. The molecule has 0 spiro atoms. The van der Waals surface area contributed by atoms with Gasteiger partial charge in [-0.3, -0.25) is 29.2 Å². The van der Waals surface area contributed by atoms with Crippen molar-refractivity contribution in [2.24, 2.45) is 17.3 Å². The van der Waals surface area contributed by atoms with Crippen LogP contribution in [-0.2, 0) is 48.0 Å². The maximum atomic E-state index is 14.7. The number of ether oxygens (including phenoxy) is 2. The molecule has 0 radical (unpaired) electrons. The van der Waals surface area contributed by atoms with E-state index in [0.29, 0.717) is 57.0 Å². The van der Waals surface area contributed by atoms with Gasteiger partial charge in [-0.15, -0.1) is 11.3 Å². The summed E-state index contributed by atoms with van der Waals surface area (Å²) >= 11 is 1.41. The number of hydrogen-bond acceptors (Lipinski definition) is 11. The van der Waals surface area contributed by atoms with Crippen LogP contribution in [0.15, 0.2) is 54.6 Å². The van der Waals surface area contributed by atoms with Crippen molar-refractivity contribution in [3.63, 3.8) is 0 Å². The third kappa shape index (κ3) is 10.6. The quantitative estimate of drug-likeness (QED) is 0.130. The van der Waals surface area contributed by atoms with E-state index in [9.17, 15) is 24.0 Å². The second-order valence-corrected chi connectivity index (χ2v) is 20.3. The minimum absolute atomic E-state index is 0.0786. The van der Waals surface area contributed by atoms with Crippen molar-refractivity contribution < 1.29 is 33.4 Å². The highest BCUT2D eigenvalue weighted by Crippen LogP contribution is 2.42. The lowest BCUT2D eigenvalue weighted by Crippen LogP contribution is -2.62. The van der Waals surface area contributed by atoms with Crippen molar-refractivity contribution in [1.82, 2.24) is 45.0 Å². The van der Waals surface area contributed by atoms with Crippen LogP contribution in [0.2, 0.25) is 0 Å². The molecule has 4 aromatic rings. The van der Waals surface area contributed by atoms with E-state index in [1.54, 1.807) is 37.2 Å². The summed E-state index contributed by atoms with van der Waals surface area (Å²) in [7, 11) is 5.02. The number of aromatic nitrogens is 3. The third-order valence-corrected chi connectivity index (χ3v) is 14.3. The molecule has 17 heteroatoms. The van der Waals surface area contributed by atoms with E-state index in [1.165, 1.54) is 27.3 Å². The standard InChI is InChI=1S/C50H67N9O7S/c1-11-42(60)55(8)26-32-19-22-57(27-32)49(64)56(9)44(30(3)4)46(61)53-38-24-41-52-39(28-67-41)33-17-18-40-35(23-33)36(45(58(40)12-2)34-15-13-20-51-43(34)31(5)65-10)25-50(6,7)29-66-48(63)37-16-14-21-59(54-37)47(38)62/h11,13,15,17-18,20,23,28,30-32,37-38,44,54H,1,12,14,16,19,21-22,24-27,29H2,2-10H3,(H,53,61)/t31-,32+,37-,38-,44?/m0/s1. The Kier molecular flexibility index (Phi) is 15.2. The Labute approximate surface area is 398 Å². The van der Waals surface area contributed by atoms with E-state index in [-0.39, 0.29) is 42.9 Å². The Morgan fingerprint density at radius 3 is 2.63 bits per heavy atom. The molecule has 5 atom stereocenters. The molecule has 0 saturated carbocycles. The number of pyridine rings is 1. The maximum absolute atomic E-state index is 14.7. The molecule has 3 aliphatic rings. The topological polar surface area (TPSA) is 172 Å². The van der Waals surface area contributed by atoms with Gasteiger partial charge < -0.3 is 34.1 Å². The fraction of sp³-hybridized carbons (Fsp3) is 0.540. The predicted octanol–water partition coefficient (Wildman–Crippen LogP) is 6.25. The minimum Gasteiger partial charge on any atom is -0.464 e. The van der Waals surface area contributed by atoms with E-state index in [0.717, 1.165) is 51.1 Å². The average Bonchev–Trinajstić information content (AvgIpc) is 4.06. The van der Waals surface area contributed by atoms with E-state index >= 15 is 0 Å². The molecule has 7 rings (SSSR count). The number of amides is 5.